The van der Waals surface area contributed by atoms with Gasteiger partial charge in [-0.05, 0) is 37.3 Å². The van der Waals surface area contributed by atoms with Crippen LogP contribution in [0.15, 0.2) is 12.1 Å². The Bertz CT molecular complexity index is 550. The molecular weight excluding hydrogens is 295 g/mol. The predicted octanol–water partition coefficient (Wildman–Crippen LogP) is 3.27. The van der Waals surface area contributed by atoms with Gasteiger partial charge in [-0.1, -0.05) is 12.5 Å². The van der Waals surface area contributed by atoms with E-state index in [0.29, 0.717) is 12.8 Å². The van der Waals surface area contributed by atoms with E-state index in [1.54, 1.807) is 6.92 Å². The molecule has 3 unspecified atom stereocenters. The number of benzene rings is 1. The van der Waals surface area contributed by atoms with Crippen LogP contribution in [0.1, 0.15) is 44.1 Å². The van der Waals surface area contributed by atoms with Crippen LogP contribution in [-0.4, -0.2) is 18.6 Å². The highest BCUT2D eigenvalue weighted by molar-refractivity contribution is 5.69. The second-order valence-electron chi connectivity index (χ2n) is 5.65. The van der Waals surface area contributed by atoms with Crippen molar-refractivity contribution < 1.29 is 22.7 Å². The molecule has 1 aliphatic carbocycles. The zero-order chi connectivity index (χ0) is 16.3. The minimum absolute atomic E-state index is 0.0420. The number of halogens is 3. The van der Waals surface area contributed by atoms with Crippen LogP contribution < -0.4 is 5.73 Å². The van der Waals surface area contributed by atoms with Crippen LogP contribution in [0.25, 0.3) is 0 Å². The number of ether oxygens (including phenoxy) is 1. The monoisotopic (exact) mass is 315 g/mol. The summed E-state index contributed by atoms with van der Waals surface area (Å²) in [6.07, 6.45) is 2.25. The zero-order valence-electron chi connectivity index (χ0n) is 12.5. The fourth-order valence-electron chi connectivity index (χ4n) is 3.27. The van der Waals surface area contributed by atoms with Gasteiger partial charge in [-0.2, -0.15) is 0 Å². The molecule has 1 saturated carbocycles. The van der Waals surface area contributed by atoms with Crippen molar-refractivity contribution in [3.63, 3.8) is 0 Å². The summed E-state index contributed by atoms with van der Waals surface area (Å²) in [5.41, 5.74) is 6.12. The minimum atomic E-state index is -1.50. The van der Waals surface area contributed by atoms with E-state index in [-0.39, 0.29) is 30.5 Å². The van der Waals surface area contributed by atoms with Gasteiger partial charge < -0.3 is 10.5 Å². The Morgan fingerprint density at radius 2 is 2.00 bits per heavy atom. The van der Waals surface area contributed by atoms with Crippen LogP contribution in [-0.2, 0) is 9.53 Å². The van der Waals surface area contributed by atoms with E-state index in [2.05, 4.69) is 0 Å². The zero-order valence-corrected chi connectivity index (χ0v) is 12.5. The van der Waals surface area contributed by atoms with Crippen molar-refractivity contribution >= 4 is 5.97 Å². The summed E-state index contributed by atoms with van der Waals surface area (Å²) in [6.45, 7) is 1.97. The highest BCUT2D eigenvalue weighted by atomic mass is 19.2. The van der Waals surface area contributed by atoms with Crippen molar-refractivity contribution in [2.45, 2.75) is 44.6 Å². The molecule has 0 bridgehead atoms. The first-order valence-corrected chi connectivity index (χ1v) is 7.50. The average molecular weight is 315 g/mol. The van der Waals surface area contributed by atoms with Crippen LogP contribution in [0.4, 0.5) is 13.2 Å². The van der Waals surface area contributed by atoms with Gasteiger partial charge >= 0.3 is 5.97 Å². The Labute approximate surface area is 127 Å². The standard InChI is InChI=1S/C16H20F3NO2/c1-2-22-13(21)8-9-4-3-5-12(20)14(9)10-6-7-11(17)16(19)15(10)18/h6-7,9,12,14H,2-5,8,20H2,1H3. The third-order valence-electron chi connectivity index (χ3n) is 4.24. The molecular formula is C16H20F3NO2. The number of esters is 1. The summed E-state index contributed by atoms with van der Waals surface area (Å²) in [5, 5.41) is 0. The summed E-state index contributed by atoms with van der Waals surface area (Å²) in [4.78, 5) is 11.7. The first-order chi connectivity index (χ1) is 10.5. The van der Waals surface area contributed by atoms with Gasteiger partial charge in [0.05, 0.1) is 6.61 Å². The van der Waals surface area contributed by atoms with Gasteiger partial charge in [-0.25, -0.2) is 13.2 Å². The van der Waals surface area contributed by atoms with Gasteiger partial charge in [0.15, 0.2) is 17.5 Å². The quantitative estimate of drug-likeness (QED) is 0.685. The van der Waals surface area contributed by atoms with E-state index in [1.165, 1.54) is 6.07 Å². The fraction of sp³-hybridized carbons (Fsp3) is 0.562. The highest BCUT2D eigenvalue weighted by Crippen LogP contribution is 2.40. The summed E-state index contributed by atoms with van der Waals surface area (Å²) < 4.78 is 45.6. The molecule has 0 amide bonds. The lowest BCUT2D eigenvalue weighted by atomic mass is 9.71. The van der Waals surface area contributed by atoms with E-state index in [1.807, 2.05) is 0 Å². The molecule has 0 radical (unpaired) electrons. The maximum absolute atomic E-state index is 14.1. The largest absolute Gasteiger partial charge is 0.466 e. The van der Waals surface area contributed by atoms with E-state index in [4.69, 9.17) is 10.5 Å². The van der Waals surface area contributed by atoms with Crippen molar-refractivity contribution in [3.8, 4) is 0 Å². The molecule has 2 rings (SSSR count). The second-order valence-corrected chi connectivity index (χ2v) is 5.65. The summed E-state index contributed by atoms with van der Waals surface area (Å²) in [5.74, 6) is -5.07. The normalized spacial score (nSPS) is 25.0. The molecule has 1 aromatic rings. The Balaban J connectivity index is 2.31. The lowest BCUT2D eigenvalue weighted by molar-refractivity contribution is -0.144. The molecule has 0 saturated heterocycles. The predicted molar refractivity (Wildman–Crippen MR) is 75.6 cm³/mol. The van der Waals surface area contributed by atoms with Gasteiger partial charge in [-0.3, -0.25) is 4.79 Å². The highest BCUT2D eigenvalue weighted by Gasteiger charge is 2.36. The maximum Gasteiger partial charge on any atom is 0.306 e. The smallest absolute Gasteiger partial charge is 0.306 e. The van der Waals surface area contributed by atoms with E-state index >= 15 is 0 Å². The Morgan fingerprint density at radius 3 is 2.68 bits per heavy atom. The number of carbonyl (C=O) groups excluding carboxylic acids is 1. The third-order valence-corrected chi connectivity index (χ3v) is 4.24. The molecule has 3 atom stereocenters. The van der Waals surface area contributed by atoms with Crippen molar-refractivity contribution in [3.05, 3.63) is 35.1 Å². The van der Waals surface area contributed by atoms with E-state index in [9.17, 15) is 18.0 Å². The Hall–Kier alpha value is -1.56. The number of hydrogen-bond acceptors (Lipinski definition) is 3. The topological polar surface area (TPSA) is 52.3 Å². The average Bonchev–Trinajstić information content (AvgIpc) is 2.47. The second kappa shape index (κ2) is 7.13. The molecule has 0 aromatic heterocycles. The fourth-order valence-corrected chi connectivity index (χ4v) is 3.27. The molecule has 122 valence electrons. The minimum Gasteiger partial charge on any atom is -0.466 e. The van der Waals surface area contributed by atoms with Gasteiger partial charge in [0.25, 0.3) is 0 Å². The molecule has 1 fully saturated rings. The van der Waals surface area contributed by atoms with Gasteiger partial charge in [-0.15, -0.1) is 0 Å². The number of rotatable bonds is 4. The first kappa shape index (κ1) is 16.8. The molecule has 1 aliphatic rings. The number of hydrogen-bond donors (Lipinski definition) is 1. The Kier molecular flexibility index (Phi) is 5.45. The number of nitrogens with two attached hydrogens (primary N) is 1. The van der Waals surface area contributed by atoms with Gasteiger partial charge in [0.1, 0.15) is 0 Å². The molecule has 1 aromatic carbocycles. The summed E-state index contributed by atoms with van der Waals surface area (Å²) in [7, 11) is 0. The molecule has 22 heavy (non-hydrogen) atoms. The van der Waals surface area contributed by atoms with Crippen LogP contribution in [0.3, 0.4) is 0 Å². The summed E-state index contributed by atoms with van der Waals surface area (Å²) >= 11 is 0. The molecule has 0 heterocycles. The molecule has 6 heteroatoms. The van der Waals surface area contributed by atoms with Gasteiger partial charge in [0.2, 0.25) is 0 Å². The molecule has 0 aliphatic heterocycles. The van der Waals surface area contributed by atoms with Crippen LogP contribution in [0, 0.1) is 23.4 Å². The van der Waals surface area contributed by atoms with Crippen molar-refractivity contribution in [1.82, 2.24) is 0 Å². The lowest BCUT2D eigenvalue weighted by Crippen LogP contribution is -2.38. The van der Waals surface area contributed by atoms with E-state index < -0.39 is 29.4 Å². The number of carbonyl (C=O) groups is 1. The van der Waals surface area contributed by atoms with E-state index in [0.717, 1.165) is 12.5 Å². The van der Waals surface area contributed by atoms with Crippen molar-refractivity contribution in [2.24, 2.45) is 11.7 Å². The van der Waals surface area contributed by atoms with Crippen LogP contribution in [0.5, 0.6) is 0 Å². The third kappa shape index (κ3) is 3.43. The van der Waals surface area contributed by atoms with Crippen molar-refractivity contribution in [2.75, 3.05) is 6.61 Å². The molecule has 2 N–H and O–H groups in total. The van der Waals surface area contributed by atoms with Gasteiger partial charge in [0, 0.05) is 18.4 Å². The molecule has 3 nitrogen and oxygen atoms in total. The Morgan fingerprint density at radius 1 is 1.27 bits per heavy atom. The van der Waals surface area contributed by atoms with Crippen LogP contribution in [0.2, 0.25) is 0 Å². The molecule has 0 spiro atoms. The maximum atomic E-state index is 14.1. The lowest BCUT2D eigenvalue weighted by Gasteiger charge is -2.36. The van der Waals surface area contributed by atoms with Crippen LogP contribution >= 0.6 is 0 Å². The summed E-state index contributed by atoms with van der Waals surface area (Å²) in [6, 6.07) is 1.73. The van der Waals surface area contributed by atoms with Crippen molar-refractivity contribution in [1.29, 1.82) is 0 Å². The first-order valence-electron chi connectivity index (χ1n) is 7.50. The SMILES string of the molecule is CCOC(=O)CC1CCCC(N)C1c1ccc(F)c(F)c1F.